The molecule has 0 radical (unpaired) electrons. The van der Waals surface area contributed by atoms with Gasteiger partial charge >= 0.3 is 5.97 Å². The summed E-state index contributed by atoms with van der Waals surface area (Å²) in [5, 5.41) is 0. The third kappa shape index (κ3) is 5.44. The molecule has 8 atom stereocenters. The molecular formula is C34H50O3. The van der Waals surface area contributed by atoms with Crippen molar-refractivity contribution >= 4 is 11.8 Å². The Morgan fingerprint density at radius 2 is 1.81 bits per heavy atom. The van der Waals surface area contributed by atoms with E-state index in [0.29, 0.717) is 35.4 Å². The number of rotatable bonds is 9. The topological polar surface area (TPSA) is 43.4 Å². The predicted octanol–water partition coefficient (Wildman–Crippen LogP) is 8.34. The molecule has 3 nitrogen and oxygen atoms in total. The van der Waals surface area contributed by atoms with E-state index >= 15 is 0 Å². The summed E-state index contributed by atoms with van der Waals surface area (Å²) in [6.07, 6.45) is 16.4. The van der Waals surface area contributed by atoms with Crippen LogP contribution in [-0.2, 0) is 20.7 Å². The Kier molecular flexibility index (Phi) is 8.18. The standard InChI is InChI=1S/C34H50O3/c1-4-5-7-12-25(21-24-10-8-6-9-11-24)22-32(36)37-27-17-19-33(2)26(23-27)13-14-28-29-15-16-31(35)34(29,3)20-18-30(28)33/h6,8-11,25-30H,4-5,7,12-23H2,1-3H3/t25?,26-,27-,28-,29-,30-,33-,34-/m1/s1. The van der Waals surface area contributed by atoms with Crippen molar-refractivity contribution < 1.29 is 14.3 Å². The zero-order chi connectivity index (χ0) is 26.0. The van der Waals surface area contributed by atoms with Crippen molar-refractivity contribution in [3.8, 4) is 0 Å². The van der Waals surface area contributed by atoms with Gasteiger partial charge in [-0.15, -0.1) is 0 Å². The van der Waals surface area contributed by atoms with Crippen LogP contribution < -0.4 is 0 Å². The summed E-state index contributed by atoms with van der Waals surface area (Å²) in [7, 11) is 0. The van der Waals surface area contributed by atoms with E-state index in [4.69, 9.17) is 4.74 Å². The van der Waals surface area contributed by atoms with Crippen LogP contribution in [0.25, 0.3) is 0 Å². The third-order valence-corrected chi connectivity index (χ3v) is 11.7. The van der Waals surface area contributed by atoms with Gasteiger partial charge in [-0.1, -0.05) is 70.4 Å². The van der Waals surface area contributed by atoms with Crippen LogP contribution in [0.1, 0.15) is 116 Å². The van der Waals surface area contributed by atoms with Gasteiger partial charge in [0.25, 0.3) is 0 Å². The van der Waals surface area contributed by atoms with Gasteiger partial charge in [-0.3, -0.25) is 9.59 Å². The Morgan fingerprint density at radius 1 is 1.00 bits per heavy atom. The zero-order valence-electron chi connectivity index (χ0n) is 23.7. The normalized spacial score (nSPS) is 37.8. The van der Waals surface area contributed by atoms with Gasteiger partial charge in [0.1, 0.15) is 11.9 Å². The number of unbranched alkanes of at least 4 members (excludes halogenated alkanes) is 2. The van der Waals surface area contributed by atoms with Crippen LogP contribution in [0.15, 0.2) is 30.3 Å². The molecule has 3 heteroatoms. The highest BCUT2D eigenvalue weighted by molar-refractivity contribution is 5.87. The van der Waals surface area contributed by atoms with Gasteiger partial charge < -0.3 is 4.74 Å². The SMILES string of the molecule is CCCCCC(CC(=O)O[C@@H]1CC[C@]2(C)[C@H](CC[C@H]3[C@H]2CC[C@@]2(C)C(=O)CC[C@H]32)C1)Cc1ccccc1. The van der Waals surface area contributed by atoms with Crippen LogP contribution >= 0.6 is 0 Å². The highest BCUT2D eigenvalue weighted by Crippen LogP contribution is 2.65. The van der Waals surface area contributed by atoms with Crippen LogP contribution in [0.5, 0.6) is 0 Å². The third-order valence-electron chi connectivity index (χ3n) is 11.7. The molecule has 0 saturated heterocycles. The first-order chi connectivity index (χ1) is 17.8. The number of ether oxygens (including phenoxy) is 1. The molecule has 1 unspecified atom stereocenters. The second-order valence-corrected chi connectivity index (χ2v) is 13.7. The van der Waals surface area contributed by atoms with Crippen LogP contribution in [-0.4, -0.2) is 17.9 Å². The summed E-state index contributed by atoms with van der Waals surface area (Å²) in [4.78, 5) is 25.9. The van der Waals surface area contributed by atoms with Gasteiger partial charge in [0, 0.05) is 18.3 Å². The van der Waals surface area contributed by atoms with E-state index in [9.17, 15) is 9.59 Å². The van der Waals surface area contributed by atoms with Crippen molar-refractivity contribution in [3.63, 3.8) is 0 Å². The van der Waals surface area contributed by atoms with E-state index < -0.39 is 0 Å². The van der Waals surface area contributed by atoms with Gasteiger partial charge in [0.2, 0.25) is 0 Å². The molecule has 4 fully saturated rings. The lowest BCUT2D eigenvalue weighted by Gasteiger charge is -2.60. The van der Waals surface area contributed by atoms with E-state index in [-0.39, 0.29) is 17.5 Å². The van der Waals surface area contributed by atoms with E-state index in [1.165, 1.54) is 50.5 Å². The largest absolute Gasteiger partial charge is 0.462 e. The average Bonchev–Trinajstić information content (AvgIpc) is 3.19. The summed E-state index contributed by atoms with van der Waals surface area (Å²) in [5.74, 6) is 3.69. The molecule has 4 aliphatic carbocycles. The van der Waals surface area contributed by atoms with E-state index in [1.807, 2.05) is 0 Å². The highest BCUT2D eigenvalue weighted by atomic mass is 16.5. The quantitative estimate of drug-likeness (QED) is 0.250. The monoisotopic (exact) mass is 506 g/mol. The molecule has 37 heavy (non-hydrogen) atoms. The lowest BCUT2D eigenvalue weighted by atomic mass is 9.45. The van der Waals surface area contributed by atoms with E-state index in [2.05, 4.69) is 51.1 Å². The number of carbonyl (C=O) groups excluding carboxylic acids is 2. The van der Waals surface area contributed by atoms with Gasteiger partial charge in [0.05, 0.1) is 0 Å². The molecule has 0 heterocycles. The lowest BCUT2D eigenvalue weighted by Crippen LogP contribution is -2.54. The van der Waals surface area contributed by atoms with Crippen molar-refractivity contribution in [3.05, 3.63) is 35.9 Å². The Bertz CT molecular complexity index is 940. The highest BCUT2D eigenvalue weighted by Gasteiger charge is 2.60. The number of benzene rings is 1. The van der Waals surface area contributed by atoms with Gasteiger partial charge in [0.15, 0.2) is 0 Å². The molecule has 4 aliphatic rings. The fourth-order valence-corrected chi connectivity index (χ4v) is 9.47. The van der Waals surface area contributed by atoms with Gasteiger partial charge in [-0.05, 0) is 105 Å². The molecule has 0 bridgehead atoms. The molecular weight excluding hydrogens is 456 g/mol. The molecule has 0 N–H and O–H groups in total. The number of esters is 1. The maximum Gasteiger partial charge on any atom is 0.306 e. The summed E-state index contributed by atoms with van der Waals surface area (Å²) < 4.78 is 6.21. The Balaban J connectivity index is 1.17. The maximum absolute atomic E-state index is 13.1. The second kappa shape index (κ2) is 11.2. The molecule has 1 aromatic carbocycles. The zero-order valence-corrected chi connectivity index (χ0v) is 23.7. The van der Waals surface area contributed by atoms with Gasteiger partial charge in [-0.25, -0.2) is 0 Å². The fraction of sp³-hybridized carbons (Fsp3) is 0.765. The van der Waals surface area contributed by atoms with Crippen LogP contribution in [0.3, 0.4) is 0 Å². The Labute approximate surface area is 225 Å². The molecule has 1 aromatic rings. The number of Topliss-reactive ketones (excluding diaryl/α,β-unsaturated/α-hetero) is 1. The van der Waals surface area contributed by atoms with Crippen molar-refractivity contribution in [2.75, 3.05) is 0 Å². The maximum atomic E-state index is 13.1. The summed E-state index contributed by atoms with van der Waals surface area (Å²) in [6, 6.07) is 10.6. The Morgan fingerprint density at radius 3 is 2.59 bits per heavy atom. The predicted molar refractivity (Wildman–Crippen MR) is 149 cm³/mol. The van der Waals surface area contributed by atoms with E-state index in [1.54, 1.807) is 0 Å². The number of fused-ring (bicyclic) bond motifs is 5. The Hall–Kier alpha value is -1.64. The first-order valence-electron chi connectivity index (χ1n) is 15.6. The minimum absolute atomic E-state index is 0.0256. The van der Waals surface area contributed by atoms with Crippen LogP contribution in [0.4, 0.5) is 0 Å². The van der Waals surface area contributed by atoms with Crippen LogP contribution in [0, 0.1) is 40.4 Å². The lowest BCUT2D eigenvalue weighted by molar-refractivity contribution is -0.163. The van der Waals surface area contributed by atoms with Crippen molar-refractivity contribution in [2.24, 2.45) is 40.4 Å². The molecule has 0 aliphatic heterocycles. The van der Waals surface area contributed by atoms with Crippen molar-refractivity contribution in [2.45, 2.75) is 123 Å². The number of hydrogen-bond acceptors (Lipinski definition) is 3. The van der Waals surface area contributed by atoms with Gasteiger partial charge in [-0.2, -0.15) is 0 Å². The first kappa shape index (κ1) is 26.9. The molecule has 0 amide bonds. The molecule has 204 valence electrons. The number of hydrogen-bond donors (Lipinski definition) is 0. The second-order valence-electron chi connectivity index (χ2n) is 13.7. The summed E-state index contributed by atoms with van der Waals surface area (Å²) in [5.41, 5.74) is 1.65. The average molecular weight is 507 g/mol. The molecule has 0 aromatic heterocycles. The number of ketones is 1. The smallest absolute Gasteiger partial charge is 0.306 e. The number of carbonyl (C=O) groups is 2. The van der Waals surface area contributed by atoms with Crippen LogP contribution in [0.2, 0.25) is 0 Å². The minimum Gasteiger partial charge on any atom is -0.462 e. The van der Waals surface area contributed by atoms with Crippen molar-refractivity contribution in [1.29, 1.82) is 0 Å². The fourth-order valence-electron chi connectivity index (χ4n) is 9.47. The summed E-state index contributed by atoms with van der Waals surface area (Å²) in [6.45, 7) is 7.07. The first-order valence-corrected chi connectivity index (χ1v) is 15.6. The molecule has 5 rings (SSSR count). The molecule has 0 spiro atoms. The van der Waals surface area contributed by atoms with Crippen molar-refractivity contribution in [1.82, 2.24) is 0 Å². The molecule has 4 saturated carbocycles. The minimum atomic E-state index is -0.0372. The van der Waals surface area contributed by atoms with E-state index in [0.717, 1.165) is 56.8 Å². The summed E-state index contributed by atoms with van der Waals surface area (Å²) >= 11 is 0.